The van der Waals surface area contributed by atoms with Crippen molar-refractivity contribution in [3.8, 4) is 22.6 Å². The average molecular weight is 221 g/mol. The summed E-state index contributed by atoms with van der Waals surface area (Å²) in [6.07, 6.45) is 0. The van der Waals surface area contributed by atoms with Crippen molar-refractivity contribution < 1.29 is 10.2 Å². The van der Waals surface area contributed by atoms with Crippen LogP contribution in [0.3, 0.4) is 0 Å². The molecule has 0 atom stereocenters. The molecule has 0 amide bonds. The Labute approximate surface area is 92.4 Å². The number of hydrogen-bond acceptors (Lipinski definition) is 2. The smallest absolute Gasteiger partial charge is 0.145 e. The Morgan fingerprint density at radius 2 is 1.53 bits per heavy atom. The van der Waals surface area contributed by atoms with Crippen LogP contribution in [-0.2, 0) is 0 Å². The van der Waals surface area contributed by atoms with Crippen molar-refractivity contribution in [1.29, 1.82) is 0 Å². The molecule has 0 unspecified atom stereocenters. The third-order valence-electron chi connectivity index (χ3n) is 2.17. The Hall–Kier alpha value is -1.67. The van der Waals surface area contributed by atoms with Crippen LogP contribution in [0.15, 0.2) is 42.5 Å². The third-order valence-corrected chi connectivity index (χ3v) is 2.47. The van der Waals surface area contributed by atoms with Crippen molar-refractivity contribution in [2.75, 3.05) is 0 Å². The summed E-state index contributed by atoms with van der Waals surface area (Å²) in [6.45, 7) is 0. The van der Waals surface area contributed by atoms with Crippen LogP contribution < -0.4 is 0 Å². The van der Waals surface area contributed by atoms with E-state index >= 15 is 0 Å². The van der Waals surface area contributed by atoms with Crippen LogP contribution in [0.5, 0.6) is 11.5 Å². The number of halogens is 1. The maximum Gasteiger partial charge on any atom is 0.145 e. The molecule has 2 N–H and O–H groups in total. The summed E-state index contributed by atoms with van der Waals surface area (Å²) in [6, 6.07) is 12.0. The second-order valence-corrected chi connectivity index (χ2v) is 3.56. The number of phenolic OH excluding ortho intramolecular Hbond substituents is 2. The Kier molecular flexibility index (Phi) is 2.52. The number of phenols is 2. The monoisotopic (exact) mass is 220 g/mol. The summed E-state index contributed by atoms with van der Waals surface area (Å²) in [5.41, 5.74) is 1.10. The molecule has 0 aliphatic heterocycles. The van der Waals surface area contributed by atoms with Gasteiger partial charge in [-0.25, -0.2) is 0 Å². The second-order valence-electron chi connectivity index (χ2n) is 3.16. The van der Waals surface area contributed by atoms with Gasteiger partial charge < -0.3 is 10.2 Å². The van der Waals surface area contributed by atoms with Gasteiger partial charge >= 0.3 is 0 Å². The zero-order valence-corrected chi connectivity index (χ0v) is 8.57. The lowest BCUT2D eigenvalue weighted by Gasteiger charge is -2.08. The van der Waals surface area contributed by atoms with E-state index in [9.17, 15) is 10.2 Å². The van der Waals surface area contributed by atoms with E-state index < -0.39 is 0 Å². The standard InChI is InChI=1S/C12H9ClO2/c13-9-6-7-10(14)11(12(9)15)8-4-2-1-3-5-8/h1-7,14-15H. The Morgan fingerprint density at radius 1 is 0.867 bits per heavy atom. The van der Waals surface area contributed by atoms with E-state index in [0.29, 0.717) is 5.56 Å². The summed E-state index contributed by atoms with van der Waals surface area (Å²) >= 11 is 5.77. The molecule has 3 heteroatoms. The maximum atomic E-state index is 9.74. The highest BCUT2D eigenvalue weighted by molar-refractivity contribution is 6.32. The van der Waals surface area contributed by atoms with Gasteiger partial charge in [-0.05, 0) is 17.7 Å². The summed E-state index contributed by atoms with van der Waals surface area (Å²) < 4.78 is 0. The quantitative estimate of drug-likeness (QED) is 0.773. The molecule has 2 aromatic carbocycles. The fourth-order valence-corrected chi connectivity index (χ4v) is 1.60. The number of rotatable bonds is 1. The largest absolute Gasteiger partial charge is 0.507 e. The molecule has 0 saturated carbocycles. The van der Waals surface area contributed by atoms with E-state index in [2.05, 4.69) is 0 Å². The molecular formula is C12H9ClO2. The van der Waals surface area contributed by atoms with Gasteiger partial charge in [-0.15, -0.1) is 0 Å². The van der Waals surface area contributed by atoms with E-state index in [-0.39, 0.29) is 16.5 Å². The fourth-order valence-electron chi connectivity index (χ4n) is 1.44. The molecule has 2 nitrogen and oxygen atoms in total. The molecule has 2 rings (SSSR count). The molecule has 15 heavy (non-hydrogen) atoms. The van der Waals surface area contributed by atoms with E-state index in [1.165, 1.54) is 12.1 Å². The van der Waals surface area contributed by atoms with Crippen molar-refractivity contribution in [3.63, 3.8) is 0 Å². The highest BCUT2D eigenvalue weighted by atomic mass is 35.5. The predicted molar refractivity (Wildman–Crippen MR) is 60.2 cm³/mol. The van der Waals surface area contributed by atoms with E-state index in [4.69, 9.17) is 11.6 Å². The molecule has 0 bridgehead atoms. The van der Waals surface area contributed by atoms with E-state index in [1.807, 2.05) is 18.2 Å². The van der Waals surface area contributed by atoms with E-state index in [0.717, 1.165) is 5.56 Å². The predicted octanol–water partition coefficient (Wildman–Crippen LogP) is 3.42. The summed E-state index contributed by atoms with van der Waals surface area (Å²) in [7, 11) is 0. The van der Waals surface area contributed by atoms with Crippen molar-refractivity contribution >= 4 is 11.6 Å². The minimum absolute atomic E-state index is 0.0168. The first kappa shape index (κ1) is 9.87. The van der Waals surface area contributed by atoms with Gasteiger partial charge in [0.2, 0.25) is 0 Å². The lowest BCUT2D eigenvalue weighted by atomic mass is 10.0. The molecule has 0 fully saturated rings. The van der Waals surface area contributed by atoms with Crippen LogP contribution >= 0.6 is 11.6 Å². The maximum absolute atomic E-state index is 9.74. The SMILES string of the molecule is Oc1ccc(Cl)c(O)c1-c1ccccc1. The zero-order valence-electron chi connectivity index (χ0n) is 7.81. The summed E-state index contributed by atoms with van der Waals surface area (Å²) in [5, 5.41) is 19.6. The highest BCUT2D eigenvalue weighted by Crippen LogP contribution is 2.41. The number of benzene rings is 2. The highest BCUT2D eigenvalue weighted by Gasteiger charge is 2.12. The van der Waals surface area contributed by atoms with Gasteiger partial charge in [-0.1, -0.05) is 41.9 Å². The molecule has 0 radical (unpaired) electrons. The van der Waals surface area contributed by atoms with E-state index in [1.54, 1.807) is 12.1 Å². The molecule has 76 valence electrons. The normalized spacial score (nSPS) is 10.2. The van der Waals surface area contributed by atoms with Crippen LogP contribution in [0.25, 0.3) is 11.1 Å². The number of aromatic hydroxyl groups is 2. The second kappa shape index (κ2) is 3.83. The molecular weight excluding hydrogens is 212 g/mol. The minimum Gasteiger partial charge on any atom is -0.507 e. The summed E-state index contributed by atoms with van der Waals surface area (Å²) in [4.78, 5) is 0. The first-order valence-corrected chi connectivity index (χ1v) is 4.84. The van der Waals surface area contributed by atoms with Gasteiger partial charge in [0.05, 0.1) is 10.6 Å². The summed E-state index contributed by atoms with van der Waals surface area (Å²) in [5.74, 6) is -0.0778. The molecule has 0 heterocycles. The molecule has 2 aromatic rings. The van der Waals surface area contributed by atoms with Gasteiger partial charge in [0.15, 0.2) is 0 Å². The van der Waals surface area contributed by atoms with Gasteiger partial charge in [0.1, 0.15) is 11.5 Å². The third kappa shape index (κ3) is 1.76. The minimum atomic E-state index is -0.0946. The van der Waals surface area contributed by atoms with Gasteiger partial charge in [-0.2, -0.15) is 0 Å². The Bertz CT molecular complexity index is 480. The van der Waals surface area contributed by atoms with Crippen molar-refractivity contribution in [2.24, 2.45) is 0 Å². The first-order chi connectivity index (χ1) is 7.20. The molecule has 0 aromatic heterocycles. The van der Waals surface area contributed by atoms with Crippen LogP contribution in [0.1, 0.15) is 0 Å². The van der Waals surface area contributed by atoms with Gasteiger partial charge in [0, 0.05) is 0 Å². The lowest BCUT2D eigenvalue weighted by molar-refractivity contribution is 0.454. The van der Waals surface area contributed by atoms with Crippen molar-refractivity contribution in [3.05, 3.63) is 47.5 Å². The number of hydrogen-bond donors (Lipinski definition) is 2. The van der Waals surface area contributed by atoms with Crippen molar-refractivity contribution in [2.45, 2.75) is 0 Å². The Balaban J connectivity index is 2.68. The van der Waals surface area contributed by atoms with Crippen LogP contribution in [-0.4, -0.2) is 10.2 Å². The zero-order chi connectivity index (χ0) is 10.8. The Morgan fingerprint density at radius 3 is 2.20 bits per heavy atom. The van der Waals surface area contributed by atoms with Crippen LogP contribution in [0, 0.1) is 0 Å². The van der Waals surface area contributed by atoms with Gasteiger partial charge in [-0.3, -0.25) is 0 Å². The molecule has 0 aliphatic carbocycles. The molecule has 0 saturated heterocycles. The topological polar surface area (TPSA) is 40.5 Å². The molecule has 0 spiro atoms. The molecule has 0 aliphatic rings. The van der Waals surface area contributed by atoms with Crippen LogP contribution in [0.2, 0.25) is 5.02 Å². The van der Waals surface area contributed by atoms with Crippen LogP contribution in [0.4, 0.5) is 0 Å². The van der Waals surface area contributed by atoms with Crippen molar-refractivity contribution in [1.82, 2.24) is 0 Å². The first-order valence-electron chi connectivity index (χ1n) is 4.46. The van der Waals surface area contributed by atoms with Gasteiger partial charge in [0.25, 0.3) is 0 Å². The lowest BCUT2D eigenvalue weighted by Crippen LogP contribution is -1.81. The fraction of sp³-hybridized carbons (Fsp3) is 0. The average Bonchev–Trinajstić information content (AvgIpc) is 2.26.